The summed E-state index contributed by atoms with van der Waals surface area (Å²) in [6, 6.07) is 7.00. The molecule has 0 saturated heterocycles. The van der Waals surface area contributed by atoms with Crippen molar-refractivity contribution in [3.05, 3.63) is 40.9 Å². The Balaban J connectivity index is 2.79. The highest BCUT2D eigenvalue weighted by Gasteiger charge is 2.37. The fourth-order valence-electron chi connectivity index (χ4n) is 2.00. The van der Waals surface area contributed by atoms with Gasteiger partial charge in [0.1, 0.15) is 5.75 Å². The molecule has 0 aliphatic rings. The predicted octanol–water partition coefficient (Wildman–Crippen LogP) is 4.20. The Labute approximate surface area is 124 Å². The Bertz CT molecular complexity index is 687. The minimum Gasteiger partial charge on any atom is -0.497 e. The Morgan fingerprint density at radius 2 is 1.71 bits per heavy atom. The zero-order valence-corrected chi connectivity index (χ0v) is 11.7. The maximum absolute atomic E-state index is 13.3. The number of nitrogen functional groups attached to an aromatic ring is 2. The molecule has 0 radical (unpaired) electrons. The number of ether oxygens (including phenoxy) is 1. The quantitative estimate of drug-likeness (QED) is 0.816. The summed E-state index contributed by atoms with van der Waals surface area (Å²) < 4.78 is 44.9. The molecule has 0 aliphatic heterocycles. The van der Waals surface area contributed by atoms with E-state index in [0.717, 1.165) is 0 Å². The van der Waals surface area contributed by atoms with Gasteiger partial charge in [0.05, 0.1) is 24.0 Å². The lowest BCUT2D eigenvalue weighted by Gasteiger charge is -2.18. The molecule has 0 heterocycles. The summed E-state index contributed by atoms with van der Waals surface area (Å²) >= 11 is 6.01. The topological polar surface area (TPSA) is 61.3 Å². The standard InChI is InChI=1S/C14H12ClF3N2O/c1-21-7-2-4-10(15)9(6-7)8-3-5-11(19)13(20)12(8)14(16,17)18/h2-6H,19-20H2,1H3. The van der Waals surface area contributed by atoms with E-state index in [1.54, 1.807) is 6.07 Å². The number of hydrogen-bond donors (Lipinski definition) is 2. The van der Waals surface area contributed by atoms with Crippen molar-refractivity contribution in [3.63, 3.8) is 0 Å². The molecule has 0 aliphatic carbocycles. The lowest BCUT2D eigenvalue weighted by atomic mass is 9.96. The van der Waals surface area contributed by atoms with Crippen molar-refractivity contribution in [2.75, 3.05) is 18.6 Å². The van der Waals surface area contributed by atoms with Crippen LogP contribution in [0.5, 0.6) is 5.75 Å². The van der Waals surface area contributed by atoms with Crippen molar-refractivity contribution in [2.24, 2.45) is 0 Å². The van der Waals surface area contributed by atoms with E-state index in [0.29, 0.717) is 5.75 Å². The van der Waals surface area contributed by atoms with Crippen molar-refractivity contribution in [1.82, 2.24) is 0 Å². The predicted molar refractivity (Wildman–Crippen MR) is 77.3 cm³/mol. The lowest BCUT2D eigenvalue weighted by molar-refractivity contribution is -0.136. The Morgan fingerprint density at radius 3 is 2.29 bits per heavy atom. The molecular formula is C14H12ClF3N2O. The number of hydrogen-bond acceptors (Lipinski definition) is 3. The molecule has 21 heavy (non-hydrogen) atoms. The fourth-order valence-corrected chi connectivity index (χ4v) is 2.22. The van der Waals surface area contributed by atoms with E-state index in [4.69, 9.17) is 27.8 Å². The first kappa shape index (κ1) is 15.3. The van der Waals surface area contributed by atoms with E-state index >= 15 is 0 Å². The van der Waals surface area contributed by atoms with Gasteiger partial charge in [-0.2, -0.15) is 13.2 Å². The van der Waals surface area contributed by atoms with E-state index < -0.39 is 17.4 Å². The molecule has 2 rings (SSSR count). The average Bonchev–Trinajstić information content (AvgIpc) is 2.41. The van der Waals surface area contributed by atoms with Crippen molar-refractivity contribution in [2.45, 2.75) is 6.18 Å². The van der Waals surface area contributed by atoms with Crippen molar-refractivity contribution in [1.29, 1.82) is 0 Å². The molecule has 112 valence electrons. The summed E-state index contributed by atoms with van der Waals surface area (Å²) in [5.41, 5.74) is 9.37. The molecule has 0 spiro atoms. The Kier molecular flexibility index (Phi) is 3.91. The summed E-state index contributed by atoms with van der Waals surface area (Å²) in [6.07, 6.45) is -4.65. The zero-order chi connectivity index (χ0) is 15.8. The van der Waals surface area contributed by atoms with Gasteiger partial charge in [-0.05, 0) is 29.8 Å². The molecular weight excluding hydrogens is 305 g/mol. The van der Waals surface area contributed by atoms with Gasteiger partial charge in [-0.3, -0.25) is 0 Å². The third-order valence-corrected chi connectivity index (χ3v) is 3.36. The van der Waals surface area contributed by atoms with Gasteiger partial charge < -0.3 is 16.2 Å². The van der Waals surface area contributed by atoms with Crippen LogP contribution < -0.4 is 16.2 Å². The van der Waals surface area contributed by atoms with Crippen LogP contribution in [0.1, 0.15) is 5.56 Å². The van der Waals surface area contributed by atoms with E-state index in [2.05, 4.69) is 0 Å². The van der Waals surface area contributed by atoms with Crippen LogP contribution in [0.2, 0.25) is 5.02 Å². The SMILES string of the molecule is COc1ccc(Cl)c(-c2ccc(N)c(N)c2C(F)(F)F)c1. The summed E-state index contributed by atoms with van der Waals surface area (Å²) in [5.74, 6) is 0.387. The summed E-state index contributed by atoms with van der Waals surface area (Å²) in [4.78, 5) is 0. The number of nitrogens with two attached hydrogens (primary N) is 2. The summed E-state index contributed by atoms with van der Waals surface area (Å²) in [5, 5.41) is 0.158. The van der Waals surface area contributed by atoms with Crippen LogP contribution >= 0.6 is 11.6 Å². The van der Waals surface area contributed by atoms with Crippen LogP contribution in [0.15, 0.2) is 30.3 Å². The van der Waals surface area contributed by atoms with Crippen LogP contribution in [0.25, 0.3) is 11.1 Å². The Morgan fingerprint density at radius 1 is 1.05 bits per heavy atom. The van der Waals surface area contributed by atoms with Gasteiger partial charge in [0.2, 0.25) is 0 Å². The van der Waals surface area contributed by atoms with Crippen LogP contribution in [-0.2, 0) is 6.18 Å². The number of halogens is 4. The molecule has 7 heteroatoms. The third-order valence-electron chi connectivity index (χ3n) is 3.03. The minimum absolute atomic E-state index is 0.134. The lowest BCUT2D eigenvalue weighted by Crippen LogP contribution is -2.13. The van der Waals surface area contributed by atoms with Crippen molar-refractivity contribution in [3.8, 4) is 16.9 Å². The highest BCUT2D eigenvalue weighted by Crippen LogP contribution is 2.45. The summed E-state index contributed by atoms with van der Waals surface area (Å²) in [6.45, 7) is 0. The number of rotatable bonds is 2. The second-order valence-electron chi connectivity index (χ2n) is 4.33. The smallest absolute Gasteiger partial charge is 0.419 e. The van der Waals surface area contributed by atoms with Crippen LogP contribution in [0.4, 0.5) is 24.5 Å². The van der Waals surface area contributed by atoms with Gasteiger partial charge in [0.25, 0.3) is 0 Å². The molecule has 0 amide bonds. The van der Waals surface area contributed by atoms with Crippen molar-refractivity contribution >= 4 is 23.0 Å². The number of methoxy groups -OCH3 is 1. The Hall–Kier alpha value is -2.08. The first-order valence-electron chi connectivity index (χ1n) is 5.84. The van der Waals surface area contributed by atoms with E-state index in [-0.39, 0.29) is 21.8 Å². The largest absolute Gasteiger partial charge is 0.497 e. The molecule has 0 atom stereocenters. The van der Waals surface area contributed by atoms with Gasteiger partial charge in [-0.15, -0.1) is 0 Å². The average molecular weight is 317 g/mol. The van der Waals surface area contributed by atoms with E-state index in [1.807, 2.05) is 0 Å². The second kappa shape index (κ2) is 5.37. The molecule has 2 aromatic carbocycles. The van der Waals surface area contributed by atoms with Gasteiger partial charge in [0.15, 0.2) is 0 Å². The normalized spacial score (nSPS) is 11.5. The van der Waals surface area contributed by atoms with Crippen LogP contribution in [0, 0.1) is 0 Å². The van der Waals surface area contributed by atoms with Gasteiger partial charge >= 0.3 is 6.18 Å². The van der Waals surface area contributed by atoms with Crippen LogP contribution in [-0.4, -0.2) is 7.11 Å². The minimum atomic E-state index is -4.65. The number of benzene rings is 2. The monoisotopic (exact) mass is 316 g/mol. The van der Waals surface area contributed by atoms with E-state index in [9.17, 15) is 13.2 Å². The highest BCUT2D eigenvalue weighted by atomic mass is 35.5. The molecule has 0 unspecified atom stereocenters. The van der Waals surface area contributed by atoms with Gasteiger partial charge in [-0.1, -0.05) is 17.7 Å². The van der Waals surface area contributed by atoms with E-state index in [1.165, 1.54) is 31.4 Å². The maximum Gasteiger partial charge on any atom is 0.419 e. The maximum atomic E-state index is 13.3. The molecule has 3 nitrogen and oxygen atoms in total. The second-order valence-corrected chi connectivity index (χ2v) is 4.74. The van der Waals surface area contributed by atoms with Crippen LogP contribution in [0.3, 0.4) is 0 Å². The first-order valence-corrected chi connectivity index (χ1v) is 6.22. The first-order chi connectivity index (χ1) is 9.75. The summed E-state index contributed by atoms with van der Waals surface area (Å²) in [7, 11) is 1.41. The molecule has 0 fully saturated rings. The highest BCUT2D eigenvalue weighted by molar-refractivity contribution is 6.33. The molecule has 0 saturated carbocycles. The van der Waals surface area contributed by atoms with Gasteiger partial charge in [-0.25, -0.2) is 0 Å². The fraction of sp³-hybridized carbons (Fsp3) is 0.143. The number of anilines is 2. The molecule has 0 aromatic heterocycles. The number of alkyl halides is 3. The molecule has 4 N–H and O–H groups in total. The molecule has 2 aromatic rings. The third kappa shape index (κ3) is 2.85. The van der Waals surface area contributed by atoms with Crippen molar-refractivity contribution < 1.29 is 17.9 Å². The van der Waals surface area contributed by atoms with Gasteiger partial charge in [0, 0.05) is 10.6 Å². The molecule has 0 bridgehead atoms. The zero-order valence-electron chi connectivity index (χ0n) is 11.0.